The minimum absolute atomic E-state index is 0.305. The molecule has 0 unspecified atom stereocenters. The molecule has 13 aromatic heterocycles. The molecule has 664 valence electrons. The van der Waals surface area contributed by atoms with E-state index in [4.69, 9.17) is 79.3 Å². The highest BCUT2D eigenvalue weighted by Gasteiger charge is 2.32. The highest BCUT2D eigenvalue weighted by Crippen LogP contribution is 2.39. The van der Waals surface area contributed by atoms with Crippen molar-refractivity contribution in [3.05, 3.63) is 424 Å². The van der Waals surface area contributed by atoms with Gasteiger partial charge in [-0.25, -0.2) is 49.2 Å². The number of hydrogen-bond acceptors (Lipinski definition) is 24. The molecule has 25 rings (SSSR count). The van der Waals surface area contributed by atoms with Gasteiger partial charge >= 0.3 is 0 Å². The zero-order valence-electron chi connectivity index (χ0n) is 74.0. The van der Waals surface area contributed by atoms with Crippen molar-refractivity contribution in [2.45, 2.75) is 53.0 Å². The van der Waals surface area contributed by atoms with Crippen molar-refractivity contribution in [3.8, 4) is 148 Å². The Morgan fingerprint density at radius 2 is 0.683 bits per heavy atom. The van der Waals surface area contributed by atoms with E-state index >= 15 is 0 Å². The molecule has 0 N–H and O–H groups in total. The van der Waals surface area contributed by atoms with Crippen LogP contribution in [0, 0.1) is 74.5 Å². The predicted octanol–water partition coefficient (Wildman–Crippen LogP) is 17.9. The molecule has 0 fully saturated rings. The van der Waals surface area contributed by atoms with Gasteiger partial charge < -0.3 is 22.2 Å². The van der Waals surface area contributed by atoms with E-state index in [0.717, 1.165) is 175 Å². The van der Waals surface area contributed by atoms with Crippen LogP contribution >= 0.6 is 0 Å². The van der Waals surface area contributed by atoms with E-state index in [1.54, 1.807) is 87.0 Å². The van der Waals surface area contributed by atoms with E-state index in [9.17, 15) is 4.39 Å². The molecule has 139 heavy (non-hydrogen) atoms. The number of nitrogens with zero attached hydrogens (tertiary/aromatic N) is 24. The fourth-order valence-electron chi connectivity index (χ4n) is 16.9. The first-order valence-electron chi connectivity index (χ1n) is 43.5. The van der Waals surface area contributed by atoms with Crippen LogP contribution < -0.4 is 0 Å². The number of pyridine rings is 3. The Balaban J connectivity index is 0.000000103. The number of aliphatic imine (C=N–C) groups is 5. The van der Waals surface area contributed by atoms with Crippen molar-refractivity contribution in [2.75, 3.05) is 0 Å². The van der Waals surface area contributed by atoms with Crippen LogP contribution in [-0.2, 0) is 39.1 Å². The SMILES string of the molecule is C#Cc1ccc2c(c1)C(c1ccccc1)=NCc1c(-c3cnco3)ncn1-2.C#Cc1ccc2c(c1)C(c1ccccc1F)=NCc1c(-c3cnco3)ncn1-2.C#Cc1ccc2c(c1)C(c1ccccn1)=NCc1c(-c3cnco3)ncn1-2.C#Cc1ccc2c(c1)C(c1ccccn1)=NCc1c(-c3nc(CC)no3)ncn1-2.C#Cc1ccc2c(c1)C(c1ccccn1)=NCc1c(-c3ocnc3C)ncn1-2. The summed E-state index contributed by atoms with van der Waals surface area (Å²) in [5.74, 6) is 16.6. The lowest BCUT2D eigenvalue weighted by Crippen LogP contribution is -2.09. The summed E-state index contributed by atoms with van der Waals surface area (Å²) in [6.07, 6.45) is 53.5. The zero-order chi connectivity index (χ0) is 94.4. The van der Waals surface area contributed by atoms with Crippen LogP contribution in [0.3, 0.4) is 0 Å². The van der Waals surface area contributed by atoms with Crippen LogP contribution in [0.1, 0.15) is 131 Å². The Morgan fingerprint density at radius 3 is 1.04 bits per heavy atom. The zero-order valence-corrected chi connectivity index (χ0v) is 74.0. The first kappa shape index (κ1) is 85.9. The molecule has 29 nitrogen and oxygen atoms in total. The van der Waals surface area contributed by atoms with Gasteiger partial charge in [0.1, 0.15) is 60.2 Å². The third kappa shape index (κ3) is 16.6. The Morgan fingerprint density at radius 1 is 0.338 bits per heavy atom. The second-order valence-corrected chi connectivity index (χ2v) is 31.5. The fourth-order valence-corrected chi connectivity index (χ4v) is 16.9. The quantitative estimate of drug-likeness (QED) is 0.109. The highest BCUT2D eigenvalue weighted by molar-refractivity contribution is 6.18. The number of terminal acetylenes is 5. The predicted molar refractivity (Wildman–Crippen MR) is 519 cm³/mol. The molecule has 5 aliphatic heterocycles. The number of aromatic nitrogens is 19. The van der Waals surface area contributed by atoms with Gasteiger partial charge in [-0.3, -0.25) is 62.7 Å². The Hall–Kier alpha value is -19.9. The fraction of sp³-hybridized carbons (Fsp3) is 0.0734. The third-order valence-corrected chi connectivity index (χ3v) is 23.5. The number of halogens is 1. The van der Waals surface area contributed by atoms with Gasteiger partial charge in [0.15, 0.2) is 60.1 Å². The van der Waals surface area contributed by atoms with E-state index in [1.165, 1.54) is 31.6 Å². The summed E-state index contributed by atoms with van der Waals surface area (Å²) in [5.41, 5.74) is 29.5. The lowest BCUT2D eigenvalue weighted by Gasteiger charge is -2.13. The summed E-state index contributed by atoms with van der Waals surface area (Å²) in [6.45, 7) is 5.91. The molecule has 20 aromatic rings. The smallest absolute Gasteiger partial charge is 0.278 e. The molecule has 0 saturated carbocycles. The summed E-state index contributed by atoms with van der Waals surface area (Å²) < 4.78 is 51.9. The number of benzene rings is 7. The molecule has 0 radical (unpaired) electrons. The van der Waals surface area contributed by atoms with Crippen molar-refractivity contribution in [3.63, 3.8) is 0 Å². The van der Waals surface area contributed by atoms with Gasteiger partial charge in [0.2, 0.25) is 0 Å². The molecule has 5 aliphatic rings. The first-order chi connectivity index (χ1) is 68.5. The lowest BCUT2D eigenvalue weighted by atomic mass is 9.98. The van der Waals surface area contributed by atoms with Crippen molar-refractivity contribution in [2.24, 2.45) is 25.0 Å². The average Bonchev–Trinajstić information content (AvgIpc) is 1.60. The van der Waals surface area contributed by atoms with Gasteiger partial charge in [-0.2, -0.15) is 4.98 Å². The van der Waals surface area contributed by atoms with Gasteiger partial charge in [-0.1, -0.05) is 102 Å². The molecular weight excluding hydrogens is 1740 g/mol. The molecule has 0 spiro atoms. The number of oxazole rings is 4. The van der Waals surface area contributed by atoms with Crippen molar-refractivity contribution < 1.29 is 26.6 Å². The number of imidazole rings is 5. The van der Waals surface area contributed by atoms with Gasteiger partial charge in [0, 0.05) is 91.8 Å². The Labute approximate surface area is 793 Å². The maximum Gasteiger partial charge on any atom is 0.278 e. The molecule has 0 amide bonds. The normalized spacial score (nSPS) is 12.5. The Bertz CT molecular complexity index is 8290. The van der Waals surface area contributed by atoms with Crippen molar-refractivity contribution >= 4 is 28.6 Å². The second-order valence-electron chi connectivity index (χ2n) is 31.5. The first-order valence-corrected chi connectivity index (χ1v) is 43.5. The van der Waals surface area contributed by atoms with Crippen LogP contribution in [0.4, 0.5) is 4.39 Å². The summed E-state index contributed by atoms with van der Waals surface area (Å²) in [4.78, 5) is 81.0. The summed E-state index contributed by atoms with van der Waals surface area (Å²) in [6, 6.07) is 63.2. The standard InChI is InChI=1S/C22H13FN4O.C22H16N6O.C22H15N5O.C22H14N4O.C21H13N5O/c1-2-14-7-8-18-16(9-14)21(15-5-3-4-6-17(15)23)25-10-19-22(26-12-27(18)19)20-11-24-13-28-20;1-3-14-8-9-17-15(11-14)20(16-7-5-6-10-23-16)24-12-18-21(25-13-28(17)18)22-26-19(4-2)27-29-22;1-3-15-7-8-18-16(10-15)20(17-6-4-5-9-23-17)24-11-19-21(25-12-27(18)19)22-14(2)26-13-28-22;1-2-15-8-9-18-17(10-15)21(16-6-4-3-5-7-16)24-11-19-22(25-13-26(18)19)20-12-23-14-27-20;1-2-14-6-7-17-15(9-14)20(16-5-3-4-8-23-16)24-10-18-21(25-12-26(17)18)19-11-22-13-27-19/h1,3-9,11-13H,10H2;1,5-11,13H,4,12H2,2H3;1,4-10,12-13H,11H2,2H3;1,3-10,12-14H,11H2;1,3-9,11-13H,10H2. The van der Waals surface area contributed by atoms with Gasteiger partial charge in [-0.05, 0) is 146 Å². The van der Waals surface area contributed by atoms with Crippen molar-refractivity contribution in [1.29, 1.82) is 0 Å². The summed E-state index contributed by atoms with van der Waals surface area (Å²) in [7, 11) is 0. The molecule has 7 aromatic carbocycles. The molecule has 0 bridgehead atoms. The van der Waals surface area contributed by atoms with E-state index in [2.05, 4.69) is 112 Å². The highest BCUT2D eigenvalue weighted by atomic mass is 19.1. The number of rotatable bonds is 11. The lowest BCUT2D eigenvalue weighted by molar-refractivity contribution is 0.422. The summed E-state index contributed by atoms with van der Waals surface area (Å²) in [5, 5.41) is 3.99. The molecular formula is C109H71FN24O5. The minimum Gasteiger partial charge on any atom is -0.442 e. The van der Waals surface area contributed by atoms with E-state index in [1.807, 2.05) is 200 Å². The monoisotopic (exact) mass is 1810 g/mol. The summed E-state index contributed by atoms with van der Waals surface area (Å²) >= 11 is 0. The van der Waals surface area contributed by atoms with Crippen LogP contribution in [0.2, 0.25) is 0 Å². The molecule has 18 heterocycles. The number of hydrogen-bond donors (Lipinski definition) is 0. The molecule has 0 atom stereocenters. The Kier molecular flexibility index (Phi) is 23.3. The van der Waals surface area contributed by atoms with Crippen LogP contribution in [-0.4, -0.2) is 121 Å². The third-order valence-electron chi connectivity index (χ3n) is 23.5. The second kappa shape index (κ2) is 37.8. The van der Waals surface area contributed by atoms with Gasteiger partial charge in [-0.15, -0.1) is 32.1 Å². The number of fused-ring (bicyclic) bond motifs is 15. The van der Waals surface area contributed by atoms with Gasteiger partial charge in [0.05, 0.1) is 160 Å². The molecule has 0 saturated heterocycles. The number of aryl methyl sites for hydroxylation is 2. The topological polar surface area (TPSA) is 333 Å². The van der Waals surface area contributed by atoms with Crippen LogP contribution in [0.5, 0.6) is 0 Å². The largest absolute Gasteiger partial charge is 0.442 e. The van der Waals surface area contributed by atoms with Crippen LogP contribution in [0.25, 0.3) is 85.8 Å². The maximum atomic E-state index is 14.6. The minimum atomic E-state index is -0.335. The van der Waals surface area contributed by atoms with Crippen molar-refractivity contribution in [1.82, 2.24) is 92.8 Å². The van der Waals surface area contributed by atoms with Gasteiger partial charge in [0.25, 0.3) is 5.89 Å². The molecule has 0 aliphatic carbocycles. The average molecular weight is 1820 g/mol. The van der Waals surface area contributed by atoms with Crippen LogP contribution in [0.15, 0.2) is 342 Å². The van der Waals surface area contributed by atoms with E-state index in [0.29, 0.717) is 102 Å². The van der Waals surface area contributed by atoms with E-state index < -0.39 is 0 Å². The maximum absolute atomic E-state index is 14.6. The van der Waals surface area contributed by atoms with E-state index in [-0.39, 0.29) is 5.82 Å². The molecule has 30 heteroatoms.